The molecule has 8 heteroatoms. The Kier molecular flexibility index (Phi) is 4.20. The second kappa shape index (κ2) is 6.31. The van der Waals surface area contributed by atoms with Crippen molar-refractivity contribution in [3.8, 4) is 0 Å². The van der Waals surface area contributed by atoms with Gasteiger partial charge in [0.1, 0.15) is 0 Å². The molecule has 1 aliphatic rings. The van der Waals surface area contributed by atoms with Crippen LogP contribution in [-0.2, 0) is 12.8 Å². The van der Waals surface area contributed by atoms with Crippen molar-refractivity contribution in [2.24, 2.45) is 0 Å². The number of aromatic amines is 1. The number of nitro benzene ring substituents is 1. The van der Waals surface area contributed by atoms with Crippen LogP contribution in [0.25, 0.3) is 0 Å². The van der Waals surface area contributed by atoms with Gasteiger partial charge in [0.05, 0.1) is 16.8 Å². The average Bonchev–Trinajstić information content (AvgIpc) is 2.97. The maximum atomic E-state index is 12.2. The van der Waals surface area contributed by atoms with E-state index in [2.05, 4.69) is 20.8 Å². The number of carbonyl (C=O) groups is 1. The zero-order chi connectivity index (χ0) is 17.3. The van der Waals surface area contributed by atoms with Gasteiger partial charge in [-0.15, -0.1) is 0 Å². The summed E-state index contributed by atoms with van der Waals surface area (Å²) in [6, 6.07) is 2.77. The number of rotatable bonds is 3. The first-order chi connectivity index (χ1) is 11.4. The summed E-state index contributed by atoms with van der Waals surface area (Å²) in [5.74, 6) is 0. The highest BCUT2D eigenvalue weighted by atomic mass is 16.6. The molecule has 0 radical (unpaired) electrons. The number of anilines is 1. The Morgan fingerprint density at radius 1 is 1.38 bits per heavy atom. The van der Waals surface area contributed by atoms with Crippen LogP contribution in [0.2, 0.25) is 0 Å². The summed E-state index contributed by atoms with van der Waals surface area (Å²) in [7, 11) is 0. The highest BCUT2D eigenvalue weighted by Crippen LogP contribution is 2.26. The number of H-pyrrole nitrogens is 1. The molecule has 1 aromatic carbocycles. The van der Waals surface area contributed by atoms with Crippen molar-refractivity contribution in [3.63, 3.8) is 0 Å². The number of hydrogen-bond donors (Lipinski definition) is 3. The molecule has 0 spiro atoms. The molecule has 1 aromatic heterocycles. The van der Waals surface area contributed by atoms with Crippen LogP contribution in [0, 0.1) is 24.0 Å². The smallest absolute Gasteiger partial charge is 0.319 e. The van der Waals surface area contributed by atoms with Gasteiger partial charge in [-0.05, 0) is 50.3 Å². The third kappa shape index (κ3) is 3.22. The Labute approximate surface area is 138 Å². The van der Waals surface area contributed by atoms with E-state index in [0.29, 0.717) is 11.3 Å². The minimum atomic E-state index is -0.445. The van der Waals surface area contributed by atoms with Gasteiger partial charge in [-0.1, -0.05) is 0 Å². The number of amides is 2. The molecular weight excluding hydrogens is 310 g/mol. The summed E-state index contributed by atoms with van der Waals surface area (Å²) in [5.41, 5.74) is 4.05. The third-order valence-corrected chi connectivity index (χ3v) is 4.34. The molecule has 2 aromatic rings. The number of nitro groups is 1. The topological polar surface area (TPSA) is 113 Å². The summed E-state index contributed by atoms with van der Waals surface area (Å²) < 4.78 is 0. The number of nitrogens with zero attached hydrogens (tertiary/aromatic N) is 2. The van der Waals surface area contributed by atoms with Crippen LogP contribution in [-0.4, -0.2) is 27.2 Å². The summed E-state index contributed by atoms with van der Waals surface area (Å²) in [4.78, 5) is 22.8. The first-order valence-electron chi connectivity index (χ1n) is 7.78. The number of hydrogen-bond acceptors (Lipinski definition) is 4. The van der Waals surface area contributed by atoms with Crippen molar-refractivity contribution in [1.29, 1.82) is 0 Å². The summed E-state index contributed by atoms with van der Waals surface area (Å²) in [6.07, 6.45) is 4.19. The molecule has 3 N–H and O–H groups in total. The first-order valence-corrected chi connectivity index (χ1v) is 7.78. The first kappa shape index (κ1) is 16.0. The molecule has 0 aliphatic heterocycles. The lowest BCUT2D eigenvalue weighted by Crippen LogP contribution is -2.41. The molecule has 1 aliphatic carbocycles. The predicted molar refractivity (Wildman–Crippen MR) is 89.1 cm³/mol. The van der Waals surface area contributed by atoms with Gasteiger partial charge >= 0.3 is 6.03 Å². The highest BCUT2D eigenvalue weighted by Gasteiger charge is 2.22. The lowest BCUT2D eigenvalue weighted by atomic mass is 9.94. The van der Waals surface area contributed by atoms with E-state index >= 15 is 0 Å². The summed E-state index contributed by atoms with van der Waals surface area (Å²) in [5, 5.41) is 23.7. The number of nitrogens with one attached hydrogen (secondary N) is 3. The van der Waals surface area contributed by atoms with Gasteiger partial charge in [0.2, 0.25) is 0 Å². The maximum Gasteiger partial charge on any atom is 0.319 e. The average molecular weight is 329 g/mol. The van der Waals surface area contributed by atoms with Gasteiger partial charge in [-0.3, -0.25) is 15.2 Å². The van der Waals surface area contributed by atoms with E-state index in [1.807, 2.05) is 6.92 Å². The zero-order valence-corrected chi connectivity index (χ0v) is 13.5. The van der Waals surface area contributed by atoms with E-state index < -0.39 is 4.92 Å². The number of aryl methyl sites for hydroxylation is 3. The third-order valence-electron chi connectivity index (χ3n) is 4.34. The quantitative estimate of drug-likeness (QED) is 0.593. The Morgan fingerprint density at radius 3 is 2.92 bits per heavy atom. The molecule has 1 atom stereocenters. The van der Waals surface area contributed by atoms with E-state index in [1.165, 1.54) is 6.07 Å². The highest BCUT2D eigenvalue weighted by molar-refractivity contribution is 5.90. The van der Waals surface area contributed by atoms with Crippen LogP contribution in [0.1, 0.15) is 28.8 Å². The van der Waals surface area contributed by atoms with Gasteiger partial charge in [0.15, 0.2) is 0 Å². The fraction of sp³-hybridized carbons (Fsp3) is 0.375. The molecule has 24 heavy (non-hydrogen) atoms. The zero-order valence-electron chi connectivity index (χ0n) is 13.5. The Morgan fingerprint density at radius 2 is 2.17 bits per heavy atom. The Balaban J connectivity index is 1.67. The van der Waals surface area contributed by atoms with Crippen LogP contribution in [0.5, 0.6) is 0 Å². The Hall–Kier alpha value is -2.90. The van der Waals surface area contributed by atoms with Crippen molar-refractivity contribution in [1.82, 2.24) is 15.5 Å². The molecule has 0 saturated heterocycles. The minimum Gasteiger partial charge on any atom is -0.335 e. The van der Waals surface area contributed by atoms with Gasteiger partial charge in [0, 0.05) is 23.4 Å². The monoisotopic (exact) mass is 329 g/mol. The summed E-state index contributed by atoms with van der Waals surface area (Å²) in [6.45, 7) is 3.49. The SMILES string of the molecule is Cc1cc(C)c([N+](=O)[O-])cc1NC(=O)N[C@H]1CCc2[nH]ncc2C1. The number of carbonyl (C=O) groups excluding carboxylic acids is 1. The lowest BCUT2D eigenvalue weighted by Gasteiger charge is -2.23. The largest absolute Gasteiger partial charge is 0.335 e. The van der Waals surface area contributed by atoms with Crippen molar-refractivity contribution in [2.75, 3.05) is 5.32 Å². The predicted octanol–water partition coefficient (Wildman–Crippen LogP) is 2.61. The van der Waals surface area contributed by atoms with E-state index in [4.69, 9.17) is 0 Å². The van der Waals surface area contributed by atoms with Crippen molar-refractivity contribution < 1.29 is 9.72 Å². The minimum absolute atomic E-state index is 0.00314. The maximum absolute atomic E-state index is 12.2. The Bertz CT molecular complexity index is 799. The van der Waals surface area contributed by atoms with E-state index in [0.717, 1.165) is 36.1 Å². The van der Waals surface area contributed by atoms with Crippen LogP contribution in [0.3, 0.4) is 0 Å². The van der Waals surface area contributed by atoms with Gasteiger partial charge in [0.25, 0.3) is 5.69 Å². The summed E-state index contributed by atoms with van der Waals surface area (Å²) >= 11 is 0. The van der Waals surface area contributed by atoms with E-state index in [-0.39, 0.29) is 17.8 Å². The molecule has 8 nitrogen and oxygen atoms in total. The van der Waals surface area contributed by atoms with E-state index in [1.54, 1.807) is 19.2 Å². The van der Waals surface area contributed by atoms with Gasteiger partial charge in [-0.25, -0.2) is 4.79 Å². The fourth-order valence-electron chi connectivity index (χ4n) is 3.06. The molecule has 0 saturated carbocycles. The van der Waals surface area contributed by atoms with Crippen molar-refractivity contribution in [2.45, 2.75) is 39.2 Å². The van der Waals surface area contributed by atoms with Crippen LogP contribution in [0.4, 0.5) is 16.2 Å². The van der Waals surface area contributed by atoms with Gasteiger partial charge in [-0.2, -0.15) is 5.10 Å². The van der Waals surface area contributed by atoms with Gasteiger partial charge < -0.3 is 10.6 Å². The van der Waals surface area contributed by atoms with E-state index in [9.17, 15) is 14.9 Å². The van der Waals surface area contributed by atoms with Crippen LogP contribution in [0.15, 0.2) is 18.3 Å². The number of aromatic nitrogens is 2. The lowest BCUT2D eigenvalue weighted by molar-refractivity contribution is -0.385. The molecule has 2 amide bonds. The molecule has 126 valence electrons. The van der Waals surface area contributed by atoms with Crippen molar-refractivity contribution in [3.05, 3.63) is 50.8 Å². The molecule has 0 fully saturated rings. The molecular formula is C16H19N5O3. The number of urea groups is 1. The fourth-order valence-corrected chi connectivity index (χ4v) is 3.06. The second-order valence-corrected chi connectivity index (χ2v) is 6.12. The number of fused-ring (bicyclic) bond motifs is 1. The van der Waals surface area contributed by atoms with Crippen LogP contribution >= 0.6 is 0 Å². The normalized spacial score (nSPS) is 16.3. The molecule has 1 heterocycles. The second-order valence-electron chi connectivity index (χ2n) is 6.12. The molecule has 0 unspecified atom stereocenters. The van der Waals surface area contributed by atoms with Crippen molar-refractivity contribution >= 4 is 17.4 Å². The molecule has 3 rings (SSSR count). The number of benzene rings is 1. The standard InChI is InChI=1S/C16H19N5O3/c1-9-5-10(2)15(21(23)24)7-14(9)19-16(22)18-12-3-4-13-11(6-12)8-17-20-13/h5,7-8,12H,3-4,6H2,1-2H3,(H,17,20)(H2,18,19,22)/t12-/m0/s1. The van der Waals surface area contributed by atoms with Crippen LogP contribution < -0.4 is 10.6 Å². The molecule has 0 bridgehead atoms.